The first-order chi connectivity index (χ1) is 7.97. The molecule has 0 heterocycles. The summed E-state index contributed by atoms with van der Waals surface area (Å²) in [6.07, 6.45) is 2.60. The van der Waals surface area contributed by atoms with Crippen molar-refractivity contribution in [3.05, 3.63) is 32.3 Å². The second-order valence-corrected chi connectivity index (χ2v) is 4.78. The molecule has 0 aromatic heterocycles. The summed E-state index contributed by atoms with van der Waals surface area (Å²) in [6.45, 7) is 2.04. The van der Waals surface area contributed by atoms with Crippen LogP contribution in [0.2, 0.25) is 0 Å². The predicted octanol–water partition coefficient (Wildman–Crippen LogP) is 3.25. The largest absolute Gasteiger partial charge is 0.502 e. The molecule has 0 saturated heterocycles. The predicted molar refractivity (Wildman–Crippen MR) is 68.9 cm³/mol. The number of nitrogens with zero attached hydrogens (tertiary/aromatic N) is 1. The average molecular weight is 303 g/mol. The fraction of sp³-hybridized carbons (Fsp3) is 0.455. The Kier molecular flexibility index (Phi) is 4.89. The van der Waals surface area contributed by atoms with E-state index in [9.17, 15) is 15.2 Å². The molecule has 0 bridgehead atoms. The maximum absolute atomic E-state index is 10.7. The number of hydrogen-bond acceptors (Lipinski definition) is 4. The molecule has 94 valence electrons. The lowest BCUT2D eigenvalue weighted by Gasteiger charge is -2.13. The quantitative estimate of drug-likeness (QED) is 0.645. The smallest absolute Gasteiger partial charge is 0.312 e. The maximum Gasteiger partial charge on any atom is 0.312 e. The Morgan fingerprint density at radius 3 is 2.76 bits per heavy atom. The normalized spacial score (nSPS) is 12.4. The van der Waals surface area contributed by atoms with E-state index in [1.165, 1.54) is 6.07 Å². The van der Waals surface area contributed by atoms with Crippen molar-refractivity contribution in [3.8, 4) is 5.75 Å². The van der Waals surface area contributed by atoms with Crippen molar-refractivity contribution < 1.29 is 10.0 Å². The van der Waals surface area contributed by atoms with Crippen LogP contribution >= 0.6 is 15.9 Å². The molecule has 0 fully saturated rings. The molecule has 5 nitrogen and oxygen atoms in total. The van der Waals surface area contributed by atoms with Gasteiger partial charge < -0.3 is 10.8 Å². The fourth-order valence-electron chi connectivity index (χ4n) is 1.61. The molecule has 0 aliphatic heterocycles. The first kappa shape index (κ1) is 13.9. The summed E-state index contributed by atoms with van der Waals surface area (Å²) in [4.78, 5) is 10.1. The third kappa shape index (κ3) is 3.41. The zero-order valence-electron chi connectivity index (χ0n) is 9.52. The molecule has 1 atom stereocenters. The fourth-order valence-corrected chi connectivity index (χ4v) is 2.07. The third-order valence-electron chi connectivity index (χ3n) is 2.55. The number of benzene rings is 1. The molecule has 0 amide bonds. The van der Waals surface area contributed by atoms with Crippen LogP contribution in [0.3, 0.4) is 0 Å². The molecule has 17 heavy (non-hydrogen) atoms. The molecule has 0 unspecified atom stereocenters. The maximum atomic E-state index is 10.7. The Morgan fingerprint density at radius 1 is 1.59 bits per heavy atom. The molecule has 1 aromatic carbocycles. The van der Waals surface area contributed by atoms with Gasteiger partial charge in [0.05, 0.1) is 4.92 Å². The van der Waals surface area contributed by atoms with Crippen LogP contribution in [0, 0.1) is 10.1 Å². The van der Waals surface area contributed by atoms with Crippen LogP contribution in [0.1, 0.15) is 37.8 Å². The van der Waals surface area contributed by atoms with Gasteiger partial charge in [-0.2, -0.15) is 0 Å². The number of nitro benzene ring substituents is 1. The second-order valence-electron chi connectivity index (χ2n) is 3.87. The van der Waals surface area contributed by atoms with Crippen molar-refractivity contribution in [1.29, 1.82) is 0 Å². The lowest BCUT2D eigenvalue weighted by atomic mass is 10.0. The minimum atomic E-state index is -0.615. The van der Waals surface area contributed by atoms with E-state index in [0.717, 1.165) is 12.8 Å². The number of aromatic hydroxyl groups is 1. The SMILES string of the molecule is CCCC[C@@H](N)c1cc(Br)cc([N+](=O)[O-])c1O. The van der Waals surface area contributed by atoms with Gasteiger partial charge in [-0.1, -0.05) is 35.7 Å². The summed E-state index contributed by atoms with van der Waals surface area (Å²) >= 11 is 3.18. The van der Waals surface area contributed by atoms with Crippen molar-refractivity contribution in [1.82, 2.24) is 0 Å². The minimum Gasteiger partial charge on any atom is -0.502 e. The molecule has 1 rings (SSSR count). The topological polar surface area (TPSA) is 89.4 Å². The highest BCUT2D eigenvalue weighted by atomic mass is 79.9. The van der Waals surface area contributed by atoms with Crippen molar-refractivity contribution >= 4 is 21.6 Å². The van der Waals surface area contributed by atoms with Gasteiger partial charge in [0.1, 0.15) is 0 Å². The van der Waals surface area contributed by atoms with Crippen molar-refractivity contribution in [3.63, 3.8) is 0 Å². The second kappa shape index (κ2) is 5.97. The van der Waals surface area contributed by atoms with Gasteiger partial charge in [-0.3, -0.25) is 10.1 Å². The first-order valence-electron chi connectivity index (χ1n) is 5.39. The number of nitrogens with two attached hydrogens (primary N) is 1. The van der Waals surface area contributed by atoms with Gasteiger partial charge in [-0.15, -0.1) is 0 Å². The van der Waals surface area contributed by atoms with E-state index < -0.39 is 4.92 Å². The van der Waals surface area contributed by atoms with Crippen LogP contribution in [-0.4, -0.2) is 10.0 Å². The zero-order valence-corrected chi connectivity index (χ0v) is 11.1. The molecular weight excluding hydrogens is 288 g/mol. The Morgan fingerprint density at radius 2 is 2.24 bits per heavy atom. The molecular formula is C11H15BrN2O3. The van der Waals surface area contributed by atoms with E-state index in [0.29, 0.717) is 16.5 Å². The Hall–Kier alpha value is -1.14. The van der Waals surface area contributed by atoms with Crippen LogP contribution < -0.4 is 5.73 Å². The number of unbranched alkanes of at least 4 members (excludes halogenated alkanes) is 1. The van der Waals surface area contributed by atoms with Gasteiger partial charge >= 0.3 is 5.69 Å². The number of nitro groups is 1. The summed E-state index contributed by atoms with van der Waals surface area (Å²) in [5, 5.41) is 20.6. The average Bonchev–Trinajstić information content (AvgIpc) is 2.28. The first-order valence-corrected chi connectivity index (χ1v) is 6.19. The van der Waals surface area contributed by atoms with Crippen LogP contribution in [0.4, 0.5) is 5.69 Å². The van der Waals surface area contributed by atoms with Crippen LogP contribution in [0.15, 0.2) is 16.6 Å². The number of halogens is 1. The summed E-state index contributed by atoms with van der Waals surface area (Å²) in [5.74, 6) is -0.332. The minimum absolute atomic E-state index is 0.318. The van der Waals surface area contributed by atoms with Crippen LogP contribution in [0.5, 0.6) is 5.75 Å². The molecule has 0 aliphatic rings. The van der Waals surface area contributed by atoms with Crippen LogP contribution in [-0.2, 0) is 0 Å². The van der Waals surface area contributed by atoms with Gasteiger partial charge in [0.15, 0.2) is 5.75 Å². The molecule has 6 heteroatoms. The number of phenolic OH excluding ortho intramolecular Hbond substituents is 1. The van der Waals surface area contributed by atoms with E-state index in [-0.39, 0.29) is 17.5 Å². The van der Waals surface area contributed by atoms with Gasteiger partial charge in [-0.05, 0) is 12.5 Å². The van der Waals surface area contributed by atoms with E-state index in [1.807, 2.05) is 6.92 Å². The van der Waals surface area contributed by atoms with Gasteiger partial charge in [-0.25, -0.2) is 0 Å². The summed E-state index contributed by atoms with van der Waals surface area (Å²) in [7, 11) is 0. The van der Waals surface area contributed by atoms with E-state index in [2.05, 4.69) is 15.9 Å². The molecule has 3 N–H and O–H groups in total. The van der Waals surface area contributed by atoms with Gasteiger partial charge in [0.25, 0.3) is 0 Å². The number of hydrogen-bond donors (Lipinski definition) is 2. The standard InChI is InChI=1S/C11H15BrN2O3/c1-2-3-4-9(13)8-5-7(12)6-10(11(8)15)14(16)17/h5-6,9,15H,2-4,13H2,1H3/t9-/m1/s1. The molecule has 0 aliphatic carbocycles. The van der Waals surface area contributed by atoms with Crippen molar-refractivity contribution in [2.45, 2.75) is 32.2 Å². The molecule has 1 aromatic rings. The van der Waals surface area contributed by atoms with E-state index >= 15 is 0 Å². The highest BCUT2D eigenvalue weighted by Gasteiger charge is 2.21. The zero-order chi connectivity index (χ0) is 13.0. The number of rotatable bonds is 5. The Balaban J connectivity index is 3.10. The summed E-state index contributed by atoms with van der Waals surface area (Å²) in [6, 6.07) is 2.51. The van der Waals surface area contributed by atoms with Crippen molar-refractivity contribution in [2.75, 3.05) is 0 Å². The number of phenols is 1. The molecule has 0 spiro atoms. The van der Waals surface area contributed by atoms with E-state index in [1.54, 1.807) is 6.07 Å². The third-order valence-corrected chi connectivity index (χ3v) is 3.01. The van der Waals surface area contributed by atoms with Gasteiger partial charge in [0.2, 0.25) is 0 Å². The monoisotopic (exact) mass is 302 g/mol. The highest BCUT2D eigenvalue weighted by molar-refractivity contribution is 9.10. The van der Waals surface area contributed by atoms with Crippen molar-refractivity contribution in [2.24, 2.45) is 5.73 Å². The van der Waals surface area contributed by atoms with Crippen LogP contribution in [0.25, 0.3) is 0 Å². The van der Waals surface area contributed by atoms with Gasteiger partial charge in [0, 0.05) is 22.1 Å². The Labute approximate surface area is 108 Å². The lowest BCUT2D eigenvalue weighted by Crippen LogP contribution is -2.11. The lowest BCUT2D eigenvalue weighted by molar-refractivity contribution is -0.386. The Bertz CT molecular complexity index is 423. The summed E-state index contributed by atoms with van der Waals surface area (Å²) in [5.41, 5.74) is 6.01. The highest BCUT2D eigenvalue weighted by Crippen LogP contribution is 2.37. The molecule has 0 radical (unpaired) electrons. The van der Waals surface area contributed by atoms with E-state index in [4.69, 9.17) is 5.73 Å². The summed E-state index contributed by atoms with van der Waals surface area (Å²) < 4.78 is 0.545. The molecule has 0 saturated carbocycles.